The summed E-state index contributed by atoms with van der Waals surface area (Å²) < 4.78 is 26.2. The van der Waals surface area contributed by atoms with E-state index in [2.05, 4.69) is 4.72 Å². The van der Waals surface area contributed by atoms with Crippen LogP contribution in [0.15, 0.2) is 23.1 Å². The summed E-state index contributed by atoms with van der Waals surface area (Å²) in [5.74, 6) is 0. The quantitative estimate of drug-likeness (QED) is 0.470. The molecule has 0 fully saturated rings. The third-order valence-corrected chi connectivity index (χ3v) is 4.16. The van der Waals surface area contributed by atoms with Crippen LogP contribution in [-0.2, 0) is 10.0 Å². The van der Waals surface area contributed by atoms with Crippen molar-refractivity contribution < 1.29 is 13.3 Å². The van der Waals surface area contributed by atoms with Gasteiger partial charge in [-0.1, -0.05) is 11.6 Å². The summed E-state index contributed by atoms with van der Waals surface area (Å²) in [5.41, 5.74) is -0.568. The number of rotatable bonds is 7. The molecule has 0 saturated carbocycles. The average molecular weight is 318 g/mol. The highest BCUT2D eigenvalue weighted by Gasteiger charge is 2.25. The normalized spacial score (nSPS) is 11.0. The van der Waals surface area contributed by atoms with Crippen LogP contribution in [0.5, 0.6) is 0 Å². The number of nitriles is 1. The molecule has 0 atom stereocenters. The molecule has 9 heteroatoms. The van der Waals surface area contributed by atoms with Crippen LogP contribution in [0.3, 0.4) is 0 Å². The highest BCUT2D eigenvalue weighted by atomic mass is 35.5. The van der Waals surface area contributed by atoms with Crippen molar-refractivity contribution in [2.24, 2.45) is 0 Å². The largest absolute Gasteiger partial charge is 0.290 e. The van der Waals surface area contributed by atoms with Gasteiger partial charge in [-0.15, -0.1) is 0 Å². The van der Waals surface area contributed by atoms with E-state index in [1.807, 2.05) is 6.07 Å². The van der Waals surface area contributed by atoms with E-state index in [4.69, 9.17) is 16.9 Å². The van der Waals surface area contributed by atoms with Gasteiger partial charge in [-0.05, 0) is 25.0 Å². The number of nitro groups is 1. The van der Waals surface area contributed by atoms with Gasteiger partial charge < -0.3 is 0 Å². The summed E-state index contributed by atoms with van der Waals surface area (Å²) in [4.78, 5) is 9.64. The smallest absolute Gasteiger partial charge is 0.258 e. The summed E-state index contributed by atoms with van der Waals surface area (Å²) in [6.45, 7) is 0.115. The number of nitrogens with one attached hydrogen (secondary N) is 1. The lowest BCUT2D eigenvalue weighted by Gasteiger charge is -2.07. The van der Waals surface area contributed by atoms with Gasteiger partial charge in [0.2, 0.25) is 10.0 Å². The van der Waals surface area contributed by atoms with Crippen LogP contribution in [0.2, 0.25) is 5.02 Å². The van der Waals surface area contributed by atoms with Crippen LogP contribution in [0.1, 0.15) is 19.3 Å². The van der Waals surface area contributed by atoms with Crippen LogP contribution in [0, 0.1) is 21.4 Å². The standard InChI is InChI=1S/C11H12ClN3O4S/c12-9-4-5-11(10(8-9)15(16)17)20(18,19)14-7-3-1-2-6-13/h4-5,8,14H,1-3,7H2. The van der Waals surface area contributed by atoms with Crippen LogP contribution in [0.25, 0.3) is 0 Å². The second-order valence-corrected chi connectivity index (χ2v) is 6.05. The zero-order valence-corrected chi connectivity index (χ0v) is 11.9. The van der Waals surface area contributed by atoms with Crippen molar-refractivity contribution in [1.29, 1.82) is 5.26 Å². The van der Waals surface area contributed by atoms with E-state index >= 15 is 0 Å². The second-order valence-electron chi connectivity index (χ2n) is 3.88. The molecule has 0 unspecified atom stereocenters. The van der Waals surface area contributed by atoms with Gasteiger partial charge in [0, 0.05) is 24.1 Å². The Morgan fingerprint density at radius 1 is 1.40 bits per heavy atom. The van der Waals surface area contributed by atoms with Crippen LogP contribution < -0.4 is 4.72 Å². The van der Waals surface area contributed by atoms with Gasteiger partial charge in [0.1, 0.15) is 0 Å². The molecular weight excluding hydrogens is 306 g/mol. The van der Waals surface area contributed by atoms with Gasteiger partial charge in [-0.25, -0.2) is 13.1 Å². The van der Waals surface area contributed by atoms with Crippen molar-refractivity contribution in [3.63, 3.8) is 0 Å². The van der Waals surface area contributed by atoms with Crippen molar-refractivity contribution in [3.05, 3.63) is 33.3 Å². The number of hydrogen-bond donors (Lipinski definition) is 1. The molecule has 0 spiro atoms. The lowest BCUT2D eigenvalue weighted by Crippen LogP contribution is -2.25. The van der Waals surface area contributed by atoms with Gasteiger partial charge in [0.15, 0.2) is 4.90 Å². The Kier molecular flexibility index (Phi) is 5.88. The first-order chi connectivity index (χ1) is 9.38. The average Bonchev–Trinajstić information content (AvgIpc) is 2.38. The minimum absolute atomic E-state index is 0.0877. The molecule has 0 aromatic heterocycles. The predicted molar refractivity (Wildman–Crippen MR) is 72.8 cm³/mol. The molecule has 0 bridgehead atoms. The maximum Gasteiger partial charge on any atom is 0.290 e. The molecule has 0 aliphatic carbocycles. The molecule has 0 aliphatic rings. The fourth-order valence-electron chi connectivity index (χ4n) is 1.47. The zero-order chi connectivity index (χ0) is 15.2. The highest BCUT2D eigenvalue weighted by Crippen LogP contribution is 2.26. The van der Waals surface area contributed by atoms with Gasteiger partial charge in [0.25, 0.3) is 5.69 Å². The summed E-state index contributed by atoms with van der Waals surface area (Å²) >= 11 is 5.62. The Hall–Kier alpha value is -1.69. The molecule has 0 radical (unpaired) electrons. The Labute approximate surface area is 121 Å². The molecule has 0 heterocycles. The highest BCUT2D eigenvalue weighted by molar-refractivity contribution is 7.89. The van der Waals surface area contributed by atoms with E-state index in [1.165, 1.54) is 6.07 Å². The summed E-state index contributed by atoms with van der Waals surface area (Å²) in [6.07, 6.45) is 1.37. The Balaban J connectivity index is 2.88. The summed E-state index contributed by atoms with van der Waals surface area (Å²) in [7, 11) is -3.97. The monoisotopic (exact) mass is 317 g/mol. The van der Waals surface area contributed by atoms with Gasteiger partial charge >= 0.3 is 0 Å². The van der Waals surface area contributed by atoms with E-state index in [9.17, 15) is 18.5 Å². The second kappa shape index (κ2) is 7.19. The summed E-state index contributed by atoms with van der Waals surface area (Å²) in [5, 5.41) is 19.3. The molecule has 0 aliphatic heterocycles. The lowest BCUT2D eigenvalue weighted by atomic mass is 10.2. The van der Waals surface area contributed by atoms with Crippen molar-refractivity contribution in [3.8, 4) is 6.07 Å². The van der Waals surface area contributed by atoms with E-state index in [-0.39, 0.29) is 11.6 Å². The third-order valence-electron chi connectivity index (χ3n) is 2.41. The fourth-order valence-corrected chi connectivity index (χ4v) is 2.86. The first-order valence-corrected chi connectivity index (χ1v) is 7.55. The topological polar surface area (TPSA) is 113 Å². The zero-order valence-electron chi connectivity index (χ0n) is 10.4. The van der Waals surface area contributed by atoms with E-state index in [0.717, 1.165) is 12.1 Å². The van der Waals surface area contributed by atoms with Crippen molar-refractivity contribution >= 4 is 27.3 Å². The molecule has 1 rings (SSSR count). The van der Waals surface area contributed by atoms with E-state index in [1.54, 1.807) is 0 Å². The van der Waals surface area contributed by atoms with Crippen LogP contribution in [-0.4, -0.2) is 19.9 Å². The number of halogens is 1. The van der Waals surface area contributed by atoms with Crippen molar-refractivity contribution in [1.82, 2.24) is 4.72 Å². The van der Waals surface area contributed by atoms with E-state index < -0.39 is 25.5 Å². The van der Waals surface area contributed by atoms with Crippen LogP contribution in [0.4, 0.5) is 5.69 Å². The molecule has 1 aromatic carbocycles. The molecule has 1 N–H and O–H groups in total. The number of nitro benzene ring substituents is 1. The van der Waals surface area contributed by atoms with Gasteiger partial charge in [-0.3, -0.25) is 10.1 Å². The number of sulfonamides is 1. The third kappa shape index (κ3) is 4.45. The Bertz CT molecular complexity index is 640. The number of hydrogen-bond acceptors (Lipinski definition) is 5. The minimum atomic E-state index is -3.97. The molecule has 0 amide bonds. The molecule has 108 valence electrons. The van der Waals surface area contributed by atoms with Gasteiger partial charge in [0.05, 0.1) is 11.0 Å². The minimum Gasteiger partial charge on any atom is -0.258 e. The lowest BCUT2D eigenvalue weighted by molar-refractivity contribution is -0.387. The SMILES string of the molecule is N#CCCCCNS(=O)(=O)c1ccc(Cl)cc1[N+](=O)[O-]. The number of benzene rings is 1. The van der Waals surface area contributed by atoms with Gasteiger partial charge in [-0.2, -0.15) is 5.26 Å². The van der Waals surface area contributed by atoms with E-state index in [0.29, 0.717) is 19.3 Å². The van der Waals surface area contributed by atoms with Crippen molar-refractivity contribution in [2.75, 3.05) is 6.54 Å². The van der Waals surface area contributed by atoms with Crippen LogP contribution >= 0.6 is 11.6 Å². The Morgan fingerprint density at radius 3 is 2.70 bits per heavy atom. The first-order valence-electron chi connectivity index (χ1n) is 5.69. The Morgan fingerprint density at radius 2 is 2.10 bits per heavy atom. The predicted octanol–water partition coefficient (Wildman–Crippen LogP) is 2.22. The molecule has 20 heavy (non-hydrogen) atoms. The maximum absolute atomic E-state index is 12.0. The van der Waals surface area contributed by atoms with Crippen molar-refractivity contribution in [2.45, 2.75) is 24.2 Å². The maximum atomic E-state index is 12.0. The first kappa shape index (κ1) is 16.4. The summed E-state index contributed by atoms with van der Waals surface area (Å²) in [6, 6.07) is 5.31. The number of nitrogens with zero attached hydrogens (tertiary/aromatic N) is 2. The number of unbranched alkanes of at least 4 members (excludes halogenated alkanes) is 2. The fraction of sp³-hybridized carbons (Fsp3) is 0.364. The molecule has 0 saturated heterocycles. The molecule has 1 aromatic rings. The molecule has 7 nitrogen and oxygen atoms in total. The molecular formula is C11H12ClN3O4S.